The lowest BCUT2D eigenvalue weighted by atomic mass is 10.3. The molecule has 0 bridgehead atoms. The number of anilines is 2. The highest BCUT2D eigenvalue weighted by molar-refractivity contribution is 7.98. The van der Waals surface area contributed by atoms with Gasteiger partial charge in [0.25, 0.3) is 0 Å². The second kappa shape index (κ2) is 9.73. The molecule has 2 amide bonds. The molecule has 0 saturated heterocycles. The molecule has 0 aliphatic heterocycles. The Bertz CT molecular complexity index is 825. The quantitative estimate of drug-likeness (QED) is 0.463. The zero-order valence-electron chi connectivity index (χ0n) is 15.1. The van der Waals surface area contributed by atoms with Gasteiger partial charge in [-0.25, -0.2) is 4.79 Å². The second-order valence-corrected chi connectivity index (χ2v) is 6.36. The van der Waals surface area contributed by atoms with Crippen LogP contribution in [0.5, 0.6) is 11.8 Å². The molecule has 0 aliphatic carbocycles. The topological polar surface area (TPSA) is 85.4 Å². The van der Waals surface area contributed by atoms with Crippen LogP contribution in [0.4, 0.5) is 42.8 Å². The van der Waals surface area contributed by atoms with E-state index in [1.54, 1.807) is 24.3 Å². The number of aromatic nitrogens is 2. The van der Waals surface area contributed by atoms with Crippen molar-refractivity contribution in [2.75, 3.05) is 30.1 Å². The Hall–Kier alpha value is -2.90. The third-order valence-electron chi connectivity index (χ3n) is 3.02. The maximum absolute atomic E-state index is 12.3. The Morgan fingerprint density at radius 1 is 0.933 bits per heavy atom. The number of halogens is 6. The van der Waals surface area contributed by atoms with Crippen molar-refractivity contribution in [3.63, 3.8) is 0 Å². The summed E-state index contributed by atoms with van der Waals surface area (Å²) in [6.07, 6.45) is -7.57. The summed E-state index contributed by atoms with van der Waals surface area (Å²) in [5.41, 5.74) is 0.378. The second-order valence-electron chi connectivity index (χ2n) is 5.48. The predicted octanol–water partition coefficient (Wildman–Crippen LogP) is 4.72. The van der Waals surface area contributed by atoms with Gasteiger partial charge in [-0.3, -0.25) is 5.32 Å². The van der Waals surface area contributed by atoms with Gasteiger partial charge in [0, 0.05) is 10.6 Å². The van der Waals surface area contributed by atoms with Crippen molar-refractivity contribution in [2.24, 2.45) is 0 Å². The van der Waals surface area contributed by atoms with Crippen LogP contribution in [0.1, 0.15) is 0 Å². The Labute approximate surface area is 170 Å². The smallest absolute Gasteiger partial charge is 0.422 e. The Morgan fingerprint density at radius 3 is 1.87 bits per heavy atom. The molecule has 1 heterocycles. The summed E-state index contributed by atoms with van der Waals surface area (Å²) in [6.45, 7) is -3.51. The van der Waals surface area contributed by atoms with E-state index >= 15 is 0 Å². The zero-order valence-corrected chi connectivity index (χ0v) is 15.9. The number of hydrogen-bond acceptors (Lipinski definition) is 6. The summed E-state index contributed by atoms with van der Waals surface area (Å²) in [6, 6.07) is 6.39. The fourth-order valence-electron chi connectivity index (χ4n) is 1.86. The molecule has 164 valence electrons. The van der Waals surface area contributed by atoms with Gasteiger partial charge < -0.3 is 14.8 Å². The normalized spacial score (nSPS) is 11.7. The first kappa shape index (κ1) is 23.4. The Kier molecular flexibility index (Phi) is 7.59. The molecule has 0 saturated carbocycles. The van der Waals surface area contributed by atoms with Crippen LogP contribution >= 0.6 is 11.8 Å². The average Bonchev–Trinajstić information content (AvgIpc) is 2.64. The van der Waals surface area contributed by atoms with Crippen molar-refractivity contribution < 1.29 is 40.6 Å². The van der Waals surface area contributed by atoms with E-state index in [4.69, 9.17) is 0 Å². The number of urea groups is 1. The largest absolute Gasteiger partial charge is 0.468 e. The van der Waals surface area contributed by atoms with Crippen molar-refractivity contribution in [3.05, 3.63) is 30.3 Å². The molecule has 2 N–H and O–H groups in total. The number of thioether (sulfide) groups is 1. The molecule has 0 spiro atoms. The summed E-state index contributed by atoms with van der Waals surface area (Å²) in [5.74, 6) is -2.09. The van der Waals surface area contributed by atoms with Crippen LogP contribution in [0.2, 0.25) is 0 Å². The molecule has 2 rings (SSSR count). The third kappa shape index (κ3) is 8.63. The highest BCUT2D eigenvalue weighted by atomic mass is 32.2. The van der Waals surface area contributed by atoms with Gasteiger partial charge in [0.2, 0.25) is 17.7 Å². The maximum Gasteiger partial charge on any atom is 0.422 e. The van der Waals surface area contributed by atoms with Crippen molar-refractivity contribution in [2.45, 2.75) is 17.2 Å². The minimum Gasteiger partial charge on any atom is -0.468 e. The van der Waals surface area contributed by atoms with Crippen LogP contribution in [0.15, 0.2) is 35.2 Å². The highest BCUT2D eigenvalue weighted by Crippen LogP contribution is 2.24. The molecule has 14 heteroatoms. The fraction of sp³-hybridized carbons (Fsp3) is 0.312. The molecule has 0 fully saturated rings. The number of hydrogen-bond donors (Lipinski definition) is 2. The molecule has 0 aliphatic rings. The summed E-state index contributed by atoms with van der Waals surface area (Å²) >= 11 is 1.48. The first-order chi connectivity index (χ1) is 13.9. The van der Waals surface area contributed by atoms with Gasteiger partial charge in [0.15, 0.2) is 13.2 Å². The van der Waals surface area contributed by atoms with Crippen LogP contribution in [0, 0.1) is 0 Å². The molecule has 30 heavy (non-hydrogen) atoms. The number of alkyl halides is 6. The summed E-state index contributed by atoms with van der Waals surface area (Å²) in [7, 11) is 0. The van der Waals surface area contributed by atoms with Gasteiger partial charge in [-0.05, 0) is 30.5 Å². The number of nitrogens with zero attached hydrogens (tertiary/aromatic N) is 2. The molecule has 1 aromatic heterocycles. The van der Waals surface area contributed by atoms with E-state index in [-0.39, 0.29) is 0 Å². The number of nitrogens with one attached hydrogen (secondary N) is 2. The summed E-state index contributed by atoms with van der Waals surface area (Å²) in [5, 5.41) is 4.51. The third-order valence-corrected chi connectivity index (χ3v) is 3.76. The van der Waals surface area contributed by atoms with E-state index in [9.17, 15) is 31.1 Å². The lowest BCUT2D eigenvalue weighted by molar-refractivity contribution is -0.154. The van der Waals surface area contributed by atoms with E-state index in [0.717, 1.165) is 4.90 Å². The molecule has 2 aromatic rings. The number of rotatable bonds is 7. The van der Waals surface area contributed by atoms with Crippen LogP contribution in [-0.4, -0.2) is 47.8 Å². The van der Waals surface area contributed by atoms with Gasteiger partial charge in [0.05, 0.1) is 6.07 Å². The molecular weight excluding hydrogens is 442 g/mol. The number of benzene rings is 1. The highest BCUT2D eigenvalue weighted by Gasteiger charge is 2.30. The van der Waals surface area contributed by atoms with Crippen molar-refractivity contribution in [1.82, 2.24) is 9.97 Å². The zero-order chi connectivity index (χ0) is 22.4. The lowest BCUT2D eigenvalue weighted by Crippen LogP contribution is -2.23. The minimum atomic E-state index is -4.72. The minimum absolute atomic E-state index is 0.378. The molecule has 0 radical (unpaired) electrons. The van der Waals surface area contributed by atoms with Gasteiger partial charge in [-0.15, -0.1) is 11.8 Å². The summed E-state index contributed by atoms with van der Waals surface area (Å²) in [4.78, 5) is 20.0. The van der Waals surface area contributed by atoms with Gasteiger partial charge in [0.1, 0.15) is 0 Å². The van der Waals surface area contributed by atoms with Crippen molar-refractivity contribution in [1.29, 1.82) is 0 Å². The van der Waals surface area contributed by atoms with Gasteiger partial charge >= 0.3 is 18.4 Å². The van der Waals surface area contributed by atoms with Gasteiger partial charge in [-0.2, -0.15) is 36.3 Å². The molecular formula is C16H14F6N4O3S. The van der Waals surface area contributed by atoms with Crippen LogP contribution in [0.25, 0.3) is 0 Å². The van der Waals surface area contributed by atoms with E-state index in [0.29, 0.717) is 11.8 Å². The lowest BCUT2D eigenvalue weighted by Gasteiger charge is -2.13. The van der Waals surface area contributed by atoms with E-state index in [1.807, 2.05) is 6.26 Å². The number of carbonyl (C=O) groups is 1. The number of amides is 2. The van der Waals surface area contributed by atoms with Crippen LogP contribution < -0.4 is 20.1 Å². The first-order valence-electron chi connectivity index (χ1n) is 7.94. The standard InChI is InChI=1S/C16H14F6N4O3S/c1-30-10-4-2-9(3-5-10)23-14(27)26-13-24-11(28-7-15(17,18)19)6-12(25-13)29-8-16(20,21)22/h2-6H,7-8H2,1H3,(H2,23,24,25,26,27). The fourth-order valence-corrected chi connectivity index (χ4v) is 2.27. The number of carbonyl (C=O) groups excluding carboxylic acids is 1. The van der Waals surface area contributed by atoms with E-state index in [2.05, 4.69) is 30.1 Å². The van der Waals surface area contributed by atoms with Crippen molar-refractivity contribution >= 4 is 29.4 Å². The Morgan fingerprint density at radius 2 is 1.43 bits per heavy atom. The maximum atomic E-state index is 12.3. The predicted molar refractivity (Wildman–Crippen MR) is 96.0 cm³/mol. The molecule has 7 nitrogen and oxygen atoms in total. The van der Waals surface area contributed by atoms with Crippen LogP contribution in [-0.2, 0) is 0 Å². The molecule has 1 aromatic carbocycles. The first-order valence-corrected chi connectivity index (χ1v) is 9.16. The average molecular weight is 456 g/mol. The van der Waals surface area contributed by atoms with E-state index < -0.39 is 49.3 Å². The van der Waals surface area contributed by atoms with E-state index in [1.165, 1.54) is 11.8 Å². The molecule has 0 atom stereocenters. The Balaban J connectivity index is 2.13. The van der Waals surface area contributed by atoms with Crippen molar-refractivity contribution in [3.8, 4) is 11.8 Å². The SMILES string of the molecule is CSc1ccc(NC(=O)Nc2nc(OCC(F)(F)F)cc(OCC(F)(F)F)n2)cc1. The van der Waals surface area contributed by atoms with Crippen LogP contribution in [0.3, 0.4) is 0 Å². The monoisotopic (exact) mass is 456 g/mol. The molecule has 0 unspecified atom stereocenters. The summed E-state index contributed by atoms with van der Waals surface area (Å²) < 4.78 is 82.7. The van der Waals surface area contributed by atoms with Gasteiger partial charge in [-0.1, -0.05) is 0 Å². The number of ether oxygens (including phenoxy) is 2.